The quantitative estimate of drug-likeness (QED) is 0.0836. The highest BCUT2D eigenvalue weighted by molar-refractivity contribution is 9.10. The van der Waals surface area contributed by atoms with E-state index in [1.54, 1.807) is 0 Å². The van der Waals surface area contributed by atoms with E-state index in [1.807, 2.05) is 0 Å². The number of unbranched alkanes of at least 4 members (excludes halogenated alkanes) is 10. The molecule has 208 valence electrons. The Morgan fingerprint density at radius 2 is 0.923 bits per heavy atom. The average molecular weight is 651 g/mol. The van der Waals surface area contributed by atoms with Crippen LogP contribution >= 0.6 is 31.9 Å². The van der Waals surface area contributed by atoms with Crippen LogP contribution in [-0.2, 0) is 18.2 Å². The minimum atomic E-state index is 0.892. The molecule has 4 rings (SSSR count). The molecule has 0 amide bonds. The highest BCUT2D eigenvalue weighted by Gasteiger charge is 2.20. The largest absolute Gasteiger partial charge is 0.0876 e. The average Bonchev–Trinajstić information content (AvgIpc) is 2.97. The second-order valence-corrected chi connectivity index (χ2v) is 12.6. The third kappa shape index (κ3) is 7.76. The van der Waals surface area contributed by atoms with E-state index < -0.39 is 0 Å². The zero-order valence-corrected chi connectivity index (χ0v) is 27.3. The molecular formula is C37H46Br2. The summed E-state index contributed by atoms with van der Waals surface area (Å²) in [5.41, 5.74) is 7.38. The monoisotopic (exact) mass is 648 g/mol. The van der Waals surface area contributed by atoms with E-state index in [4.69, 9.17) is 0 Å². The predicted molar refractivity (Wildman–Crippen MR) is 181 cm³/mol. The minimum absolute atomic E-state index is 0.892. The summed E-state index contributed by atoms with van der Waals surface area (Å²) in [5, 5.41) is 6.39. The molecule has 0 aliphatic rings. The van der Waals surface area contributed by atoms with Gasteiger partial charge in [0.25, 0.3) is 0 Å². The fraction of sp³-hybridized carbons (Fsp3) is 0.459. The summed E-state index contributed by atoms with van der Waals surface area (Å²) in [5.74, 6) is 0. The first-order valence-corrected chi connectivity index (χ1v) is 17.4. The van der Waals surface area contributed by atoms with Gasteiger partial charge >= 0.3 is 0 Å². The zero-order chi connectivity index (χ0) is 27.5. The first kappa shape index (κ1) is 30.3. The zero-order valence-electron chi connectivity index (χ0n) is 24.1. The molecule has 0 atom stereocenters. The molecule has 0 aliphatic carbocycles. The fourth-order valence-electron chi connectivity index (χ4n) is 6.19. The van der Waals surface area contributed by atoms with Crippen molar-refractivity contribution in [1.82, 2.24) is 0 Å². The van der Waals surface area contributed by atoms with Crippen molar-refractivity contribution in [2.24, 2.45) is 0 Å². The van der Waals surface area contributed by atoms with Crippen molar-refractivity contribution in [3.63, 3.8) is 0 Å². The summed E-state index contributed by atoms with van der Waals surface area (Å²) in [7, 11) is 0. The van der Waals surface area contributed by atoms with Crippen LogP contribution in [0, 0.1) is 0 Å². The molecule has 0 aliphatic heterocycles. The van der Waals surface area contributed by atoms with Gasteiger partial charge in [0.2, 0.25) is 0 Å². The Morgan fingerprint density at radius 3 is 1.46 bits per heavy atom. The second kappa shape index (κ2) is 16.0. The number of alkyl halides is 1. The lowest BCUT2D eigenvalue weighted by atomic mass is 9.83. The van der Waals surface area contributed by atoms with Crippen molar-refractivity contribution in [3.05, 3.63) is 81.8 Å². The van der Waals surface area contributed by atoms with E-state index in [0.29, 0.717) is 0 Å². The van der Waals surface area contributed by atoms with Crippen molar-refractivity contribution in [2.45, 2.75) is 109 Å². The molecule has 4 aromatic carbocycles. The molecule has 2 heteroatoms. The topological polar surface area (TPSA) is 0 Å². The molecule has 0 nitrogen and oxygen atoms in total. The van der Waals surface area contributed by atoms with E-state index >= 15 is 0 Å². The van der Waals surface area contributed by atoms with Gasteiger partial charge in [0.05, 0.1) is 0 Å². The minimum Gasteiger partial charge on any atom is -0.0876 e. The molecule has 0 radical (unpaired) electrons. The standard InChI is InChI=1S/C37H46Br2/c1-3-5-7-9-11-13-19-28-25-30(27-38)31-21-15-17-23-33(31)36(28)37-29(20-14-12-10-8-6-4-2)26-35(39)32-22-16-18-24-34(32)37/h15-18,21-26H,3-14,19-20,27H2,1-2H3. The Bertz CT molecular complexity index is 1340. The lowest BCUT2D eigenvalue weighted by molar-refractivity contribution is 0.607. The van der Waals surface area contributed by atoms with Crippen LogP contribution in [0.1, 0.15) is 108 Å². The van der Waals surface area contributed by atoms with E-state index in [9.17, 15) is 0 Å². The fourth-order valence-corrected chi connectivity index (χ4v) is 7.27. The smallest absolute Gasteiger partial charge is 0.0289 e. The van der Waals surface area contributed by atoms with Crippen LogP contribution in [0.2, 0.25) is 0 Å². The normalized spacial score (nSPS) is 11.6. The molecule has 0 fully saturated rings. The van der Waals surface area contributed by atoms with E-state index in [2.05, 4.69) is 106 Å². The molecule has 0 unspecified atom stereocenters. The first-order chi connectivity index (χ1) is 19.2. The van der Waals surface area contributed by atoms with Gasteiger partial charge in [-0.3, -0.25) is 0 Å². The van der Waals surface area contributed by atoms with Crippen LogP contribution < -0.4 is 0 Å². The molecule has 0 bridgehead atoms. The van der Waals surface area contributed by atoms with Crippen LogP contribution in [0.5, 0.6) is 0 Å². The van der Waals surface area contributed by atoms with Crippen LogP contribution in [0.3, 0.4) is 0 Å². The summed E-state index contributed by atoms with van der Waals surface area (Å²) in [6.45, 7) is 4.60. The summed E-state index contributed by atoms with van der Waals surface area (Å²) >= 11 is 7.78. The second-order valence-electron chi connectivity index (χ2n) is 11.2. The molecule has 4 aromatic rings. The molecule has 0 saturated heterocycles. The molecule has 0 N–H and O–H groups in total. The van der Waals surface area contributed by atoms with Crippen LogP contribution in [0.4, 0.5) is 0 Å². The summed E-state index contributed by atoms with van der Waals surface area (Å²) in [6, 6.07) is 23.1. The van der Waals surface area contributed by atoms with Gasteiger partial charge in [-0.15, -0.1) is 0 Å². The van der Waals surface area contributed by atoms with Crippen LogP contribution in [0.15, 0.2) is 65.1 Å². The van der Waals surface area contributed by atoms with E-state index in [1.165, 1.54) is 131 Å². The number of hydrogen-bond acceptors (Lipinski definition) is 0. The first-order valence-electron chi connectivity index (χ1n) is 15.5. The Morgan fingerprint density at radius 1 is 0.487 bits per heavy atom. The summed E-state index contributed by atoms with van der Waals surface area (Å²) in [4.78, 5) is 0. The third-order valence-corrected chi connectivity index (χ3v) is 9.54. The van der Waals surface area contributed by atoms with Crippen molar-refractivity contribution in [3.8, 4) is 11.1 Å². The number of aryl methyl sites for hydroxylation is 2. The van der Waals surface area contributed by atoms with Gasteiger partial charge in [0.1, 0.15) is 0 Å². The third-order valence-electron chi connectivity index (χ3n) is 8.28. The Kier molecular flexibility index (Phi) is 12.4. The lowest BCUT2D eigenvalue weighted by Gasteiger charge is -2.22. The summed E-state index contributed by atoms with van der Waals surface area (Å²) in [6.07, 6.45) is 18.2. The van der Waals surface area contributed by atoms with Crippen molar-refractivity contribution in [2.75, 3.05) is 0 Å². The predicted octanol–water partition coefficient (Wildman–Crippen LogP) is 13.1. The Balaban J connectivity index is 1.82. The number of rotatable bonds is 16. The van der Waals surface area contributed by atoms with Crippen LogP contribution in [-0.4, -0.2) is 0 Å². The van der Waals surface area contributed by atoms with Crippen molar-refractivity contribution >= 4 is 53.4 Å². The highest BCUT2D eigenvalue weighted by atomic mass is 79.9. The van der Waals surface area contributed by atoms with Gasteiger partial charge in [-0.05, 0) is 81.1 Å². The number of fused-ring (bicyclic) bond motifs is 2. The van der Waals surface area contributed by atoms with Crippen LogP contribution in [0.25, 0.3) is 32.7 Å². The molecule has 0 spiro atoms. The number of hydrogen-bond donors (Lipinski definition) is 0. The SMILES string of the molecule is CCCCCCCCc1cc(Br)c2ccccc2c1-c1c(CCCCCCCC)cc(CBr)c2ccccc12. The van der Waals surface area contributed by atoms with Gasteiger partial charge in [0.15, 0.2) is 0 Å². The van der Waals surface area contributed by atoms with Crippen molar-refractivity contribution < 1.29 is 0 Å². The van der Waals surface area contributed by atoms with E-state index in [0.717, 1.165) is 18.2 Å². The molecule has 0 heterocycles. The molecular weight excluding hydrogens is 604 g/mol. The number of benzene rings is 4. The van der Waals surface area contributed by atoms with Gasteiger partial charge in [-0.25, -0.2) is 0 Å². The van der Waals surface area contributed by atoms with Gasteiger partial charge in [0, 0.05) is 9.80 Å². The van der Waals surface area contributed by atoms with Gasteiger partial charge < -0.3 is 0 Å². The Hall–Kier alpha value is -1.64. The maximum Gasteiger partial charge on any atom is 0.0289 e. The van der Waals surface area contributed by atoms with Gasteiger partial charge in [-0.2, -0.15) is 0 Å². The maximum absolute atomic E-state index is 3.95. The van der Waals surface area contributed by atoms with Gasteiger partial charge in [-0.1, -0.05) is 165 Å². The lowest BCUT2D eigenvalue weighted by Crippen LogP contribution is -2.01. The molecule has 39 heavy (non-hydrogen) atoms. The highest BCUT2D eigenvalue weighted by Crippen LogP contribution is 2.43. The maximum atomic E-state index is 3.95. The molecule has 0 aromatic heterocycles. The van der Waals surface area contributed by atoms with E-state index in [-0.39, 0.29) is 0 Å². The summed E-state index contributed by atoms with van der Waals surface area (Å²) < 4.78 is 1.22. The van der Waals surface area contributed by atoms with Crippen molar-refractivity contribution in [1.29, 1.82) is 0 Å². The Labute approximate surface area is 254 Å². The number of halogens is 2. The molecule has 0 saturated carbocycles.